The van der Waals surface area contributed by atoms with Gasteiger partial charge in [-0.05, 0) is 37.8 Å². The van der Waals surface area contributed by atoms with E-state index in [0.29, 0.717) is 11.7 Å². The Kier molecular flexibility index (Phi) is 4.67. The van der Waals surface area contributed by atoms with Gasteiger partial charge in [0.15, 0.2) is 0 Å². The first-order valence-electron chi connectivity index (χ1n) is 7.00. The molecule has 1 unspecified atom stereocenters. The molecule has 0 bridgehead atoms. The Bertz CT molecular complexity index is 540. The summed E-state index contributed by atoms with van der Waals surface area (Å²) in [6, 6.07) is 4.13. The van der Waals surface area contributed by atoms with E-state index in [1.165, 1.54) is 25.7 Å². The van der Waals surface area contributed by atoms with E-state index in [2.05, 4.69) is 10.6 Å². The minimum atomic E-state index is -1.10. The number of benzene rings is 1. The van der Waals surface area contributed by atoms with Crippen molar-refractivity contribution in [1.29, 1.82) is 0 Å². The highest BCUT2D eigenvalue weighted by atomic mass is 16.5. The van der Waals surface area contributed by atoms with E-state index in [4.69, 9.17) is 9.84 Å². The number of ether oxygens (including phenoxy) is 1. The zero-order valence-electron chi connectivity index (χ0n) is 12.2. The molecule has 1 fully saturated rings. The summed E-state index contributed by atoms with van der Waals surface area (Å²) in [4.78, 5) is 23.2. The van der Waals surface area contributed by atoms with Crippen LogP contribution in [0.3, 0.4) is 0 Å². The van der Waals surface area contributed by atoms with Gasteiger partial charge in [-0.3, -0.25) is 0 Å². The average molecular weight is 292 g/mol. The van der Waals surface area contributed by atoms with Gasteiger partial charge in [0.05, 0.1) is 18.4 Å². The first-order chi connectivity index (χ1) is 10.0. The second-order valence-corrected chi connectivity index (χ2v) is 5.29. The van der Waals surface area contributed by atoms with Crippen molar-refractivity contribution < 1.29 is 19.4 Å². The third kappa shape index (κ3) is 3.65. The van der Waals surface area contributed by atoms with Crippen LogP contribution < -0.4 is 15.4 Å². The van der Waals surface area contributed by atoms with Gasteiger partial charge in [-0.2, -0.15) is 0 Å². The molecule has 2 amide bonds. The maximum absolute atomic E-state index is 12.0. The molecule has 2 rings (SSSR count). The van der Waals surface area contributed by atoms with Crippen molar-refractivity contribution in [2.24, 2.45) is 5.92 Å². The monoisotopic (exact) mass is 292 g/mol. The first kappa shape index (κ1) is 15.2. The first-order valence-corrected chi connectivity index (χ1v) is 7.00. The highest BCUT2D eigenvalue weighted by Crippen LogP contribution is 2.29. The highest BCUT2D eigenvalue weighted by Gasteiger charge is 2.25. The number of hydrogen-bond donors (Lipinski definition) is 3. The van der Waals surface area contributed by atoms with Crippen LogP contribution >= 0.6 is 0 Å². The third-order valence-corrected chi connectivity index (χ3v) is 3.92. The average Bonchev–Trinajstić information content (AvgIpc) is 2.35. The molecule has 1 aromatic rings. The predicted molar refractivity (Wildman–Crippen MR) is 78.9 cm³/mol. The number of nitrogens with one attached hydrogen (secondary N) is 2. The van der Waals surface area contributed by atoms with E-state index in [1.807, 2.05) is 6.92 Å². The molecule has 1 aliphatic rings. The molecule has 0 radical (unpaired) electrons. The standard InChI is InChI=1S/C15H20N2O4/c1-9(10-4-3-5-10)16-15(20)17-13-8-11(21-2)6-7-12(13)14(18)19/h6-10H,3-5H2,1-2H3,(H,18,19)(H2,16,17,20). The van der Waals surface area contributed by atoms with Crippen LogP contribution in [0.1, 0.15) is 36.5 Å². The largest absolute Gasteiger partial charge is 0.497 e. The van der Waals surface area contributed by atoms with Crippen LogP contribution in [-0.4, -0.2) is 30.3 Å². The SMILES string of the molecule is COc1ccc(C(=O)O)c(NC(=O)NC(C)C2CCC2)c1. The number of carboxylic acids is 1. The van der Waals surface area contributed by atoms with Gasteiger partial charge in [0, 0.05) is 12.1 Å². The maximum atomic E-state index is 12.0. The predicted octanol–water partition coefficient (Wildman–Crippen LogP) is 2.70. The van der Waals surface area contributed by atoms with Crippen LogP contribution in [0.15, 0.2) is 18.2 Å². The smallest absolute Gasteiger partial charge is 0.337 e. The molecule has 6 heteroatoms. The summed E-state index contributed by atoms with van der Waals surface area (Å²) < 4.78 is 5.05. The number of anilines is 1. The Morgan fingerprint density at radius 1 is 1.38 bits per heavy atom. The summed E-state index contributed by atoms with van der Waals surface area (Å²) in [5.41, 5.74) is 0.252. The summed E-state index contributed by atoms with van der Waals surface area (Å²) in [5.74, 6) is -0.0951. The molecule has 0 saturated heterocycles. The number of carbonyl (C=O) groups excluding carboxylic acids is 1. The Hall–Kier alpha value is -2.24. The van der Waals surface area contributed by atoms with Gasteiger partial charge in [-0.1, -0.05) is 6.42 Å². The van der Waals surface area contributed by atoms with Crippen molar-refractivity contribution in [3.63, 3.8) is 0 Å². The van der Waals surface area contributed by atoms with Crippen LogP contribution in [0.2, 0.25) is 0 Å². The van der Waals surface area contributed by atoms with Gasteiger partial charge < -0.3 is 20.5 Å². The number of rotatable bonds is 5. The molecule has 0 spiro atoms. The van der Waals surface area contributed by atoms with Crippen molar-refractivity contribution in [1.82, 2.24) is 5.32 Å². The lowest BCUT2D eigenvalue weighted by atomic mass is 9.80. The molecule has 0 aliphatic heterocycles. The highest BCUT2D eigenvalue weighted by molar-refractivity contribution is 6.00. The molecule has 0 heterocycles. The fourth-order valence-corrected chi connectivity index (χ4v) is 2.36. The maximum Gasteiger partial charge on any atom is 0.337 e. The number of carbonyl (C=O) groups is 2. The van der Waals surface area contributed by atoms with Crippen molar-refractivity contribution >= 4 is 17.7 Å². The van der Waals surface area contributed by atoms with Crippen molar-refractivity contribution in [2.45, 2.75) is 32.2 Å². The van der Waals surface area contributed by atoms with Gasteiger partial charge in [0.1, 0.15) is 5.75 Å². The number of carboxylic acid groups (broad SMARTS) is 1. The van der Waals surface area contributed by atoms with Gasteiger partial charge in [-0.25, -0.2) is 9.59 Å². The van der Waals surface area contributed by atoms with Gasteiger partial charge in [0.2, 0.25) is 0 Å². The Labute approximate surface area is 123 Å². The van der Waals surface area contributed by atoms with E-state index < -0.39 is 12.0 Å². The Morgan fingerprint density at radius 2 is 2.10 bits per heavy atom. The second kappa shape index (κ2) is 6.47. The second-order valence-electron chi connectivity index (χ2n) is 5.29. The van der Waals surface area contributed by atoms with Crippen molar-refractivity contribution in [2.75, 3.05) is 12.4 Å². The minimum Gasteiger partial charge on any atom is -0.497 e. The number of methoxy groups -OCH3 is 1. The zero-order chi connectivity index (χ0) is 15.4. The van der Waals surface area contributed by atoms with E-state index in [9.17, 15) is 9.59 Å². The Morgan fingerprint density at radius 3 is 2.62 bits per heavy atom. The quantitative estimate of drug-likeness (QED) is 0.778. The Balaban J connectivity index is 2.06. The van der Waals surface area contributed by atoms with E-state index in [0.717, 1.165) is 12.8 Å². The zero-order valence-corrected chi connectivity index (χ0v) is 12.2. The van der Waals surface area contributed by atoms with Crippen molar-refractivity contribution in [3.8, 4) is 5.75 Å². The summed E-state index contributed by atoms with van der Waals surface area (Å²) in [5, 5.41) is 14.6. The summed E-state index contributed by atoms with van der Waals surface area (Å²) in [7, 11) is 1.48. The number of urea groups is 1. The molecular formula is C15H20N2O4. The van der Waals surface area contributed by atoms with Crippen LogP contribution in [0, 0.1) is 5.92 Å². The van der Waals surface area contributed by atoms with Crippen LogP contribution in [0.5, 0.6) is 5.75 Å². The molecule has 1 aliphatic carbocycles. The fraction of sp³-hybridized carbons (Fsp3) is 0.467. The minimum absolute atomic E-state index is 0.0299. The summed E-state index contributed by atoms with van der Waals surface area (Å²) in [6.45, 7) is 1.97. The molecule has 3 N–H and O–H groups in total. The molecule has 21 heavy (non-hydrogen) atoms. The lowest BCUT2D eigenvalue weighted by molar-refractivity contribution is 0.0698. The summed E-state index contributed by atoms with van der Waals surface area (Å²) in [6.07, 6.45) is 3.46. The summed E-state index contributed by atoms with van der Waals surface area (Å²) >= 11 is 0. The number of aromatic carboxylic acids is 1. The number of amides is 2. The number of hydrogen-bond acceptors (Lipinski definition) is 3. The van der Waals surface area contributed by atoms with Gasteiger partial charge >= 0.3 is 12.0 Å². The molecule has 1 saturated carbocycles. The molecule has 1 aromatic carbocycles. The van der Waals surface area contributed by atoms with E-state index in [-0.39, 0.29) is 17.3 Å². The molecule has 114 valence electrons. The molecule has 0 aromatic heterocycles. The lowest BCUT2D eigenvalue weighted by Crippen LogP contribution is -2.42. The van der Waals surface area contributed by atoms with Crippen LogP contribution in [0.25, 0.3) is 0 Å². The van der Waals surface area contributed by atoms with Crippen molar-refractivity contribution in [3.05, 3.63) is 23.8 Å². The fourth-order valence-electron chi connectivity index (χ4n) is 2.36. The topological polar surface area (TPSA) is 87.7 Å². The van der Waals surface area contributed by atoms with Crippen LogP contribution in [0.4, 0.5) is 10.5 Å². The normalized spacial score (nSPS) is 15.7. The lowest BCUT2D eigenvalue weighted by Gasteiger charge is -2.31. The molecular weight excluding hydrogens is 272 g/mol. The van der Waals surface area contributed by atoms with E-state index >= 15 is 0 Å². The van der Waals surface area contributed by atoms with Crippen LogP contribution in [-0.2, 0) is 0 Å². The van der Waals surface area contributed by atoms with Gasteiger partial charge in [-0.15, -0.1) is 0 Å². The van der Waals surface area contributed by atoms with E-state index in [1.54, 1.807) is 6.07 Å². The molecule has 6 nitrogen and oxygen atoms in total. The third-order valence-electron chi connectivity index (χ3n) is 3.92. The molecule has 1 atom stereocenters. The van der Waals surface area contributed by atoms with Gasteiger partial charge in [0.25, 0.3) is 0 Å².